The van der Waals surface area contributed by atoms with E-state index >= 15 is 0 Å². The number of unbranched alkanes of at least 4 members (excludes halogenated alkanes) is 1. The first kappa shape index (κ1) is 23.3. The van der Waals surface area contributed by atoms with E-state index < -0.39 is 17.1 Å². The number of aliphatic hydroxyl groups excluding tert-OH is 1. The Morgan fingerprint density at radius 1 is 1.26 bits per heavy atom. The van der Waals surface area contributed by atoms with E-state index in [1.165, 1.54) is 5.57 Å². The molecule has 4 aliphatic carbocycles. The molecule has 0 aromatic heterocycles. The fourth-order valence-corrected chi connectivity index (χ4v) is 7.96. The number of fused-ring (bicyclic) bond motifs is 5. The minimum absolute atomic E-state index is 0.120. The van der Waals surface area contributed by atoms with Crippen LogP contribution in [0.2, 0.25) is 0 Å². The SMILES string of the molecule is CCCCO[C@]1(C(=O)OCCl)CC[C@H]2[C@@H]3CCC4=CC(=O)CC[C@]4(C)[C@H]3[C@@H](O)C[C@@]21C. The zero-order valence-electron chi connectivity index (χ0n) is 19.1. The molecule has 31 heavy (non-hydrogen) atoms. The molecule has 0 spiro atoms. The molecule has 5 nitrogen and oxygen atoms in total. The summed E-state index contributed by atoms with van der Waals surface area (Å²) in [6, 6.07) is -0.187. The number of hydrogen-bond acceptors (Lipinski definition) is 5. The zero-order valence-corrected chi connectivity index (χ0v) is 19.9. The Balaban J connectivity index is 1.70. The highest BCUT2D eigenvalue weighted by Gasteiger charge is 2.70. The Bertz CT molecular complexity index is 765. The molecular formula is C25H37ClO5. The molecule has 4 rings (SSSR count). The lowest BCUT2D eigenvalue weighted by Crippen LogP contribution is -2.62. The third-order valence-electron chi connectivity index (χ3n) is 9.38. The molecule has 3 saturated carbocycles. The van der Waals surface area contributed by atoms with Crippen LogP contribution in [0.4, 0.5) is 0 Å². The van der Waals surface area contributed by atoms with Crippen molar-refractivity contribution < 1.29 is 24.2 Å². The minimum Gasteiger partial charge on any atom is -0.447 e. The number of hydrogen-bond donors (Lipinski definition) is 1. The smallest absolute Gasteiger partial charge is 0.340 e. The van der Waals surface area contributed by atoms with Gasteiger partial charge in [-0.2, -0.15) is 0 Å². The van der Waals surface area contributed by atoms with E-state index in [9.17, 15) is 14.7 Å². The van der Waals surface area contributed by atoms with Gasteiger partial charge < -0.3 is 14.6 Å². The van der Waals surface area contributed by atoms with E-state index in [-0.39, 0.29) is 35.1 Å². The van der Waals surface area contributed by atoms with Gasteiger partial charge in [0.1, 0.15) is 0 Å². The normalized spacial score (nSPS) is 44.2. The molecule has 0 aliphatic heterocycles. The number of ketones is 1. The molecular weight excluding hydrogens is 416 g/mol. The maximum absolute atomic E-state index is 13.3. The average molecular weight is 453 g/mol. The highest BCUT2D eigenvalue weighted by molar-refractivity contribution is 6.17. The highest BCUT2D eigenvalue weighted by Crippen LogP contribution is 2.68. The topological polar surface area (TPSA) is 72.8 Å². The molecule has 0 amide bonds. The molecule has 0 saturated heterocycles. The van der Waals surface area contributed by atoms with E-state index in [1.807, 2.05) is 6.08 Å². The summed E-state index contributed by atoms with van der Waals surface area (Å²) in [4.78, 5) is 25.3. The molecule has 0 radical (unpaired) electrons. The van der Waals surface area contributed by atoms with Crippen molar-refractivity contribution in [1.29, 1.82) is 0 Å². The molecule has 3 fully saturated rings. The van der Waals surface area contributed by atoms with Crippen molar-refractivity contribution in [2.45, 2.75) is 90.3 Å². The van der Waals surface area contributed by atoms with Gasteiger partial charge in [0.2, 0.25) is 0 Å². The van der Waals surface area contributed by atoms with E-state index in [2.05, 4.69) is 20.8 Å². The van der Waals surface area contributed by atoms with Gasteiger partial charge in [-0.3, -0.25) is 4.79 Å². The van der Waals surface area contributed by atoms with Crippen LogP contribution in [0.3, 0.4) is 0 Å². The van der Waals surface area contributed by atoms with Gasteiger partial charge >= 0.3 is 5.97 Å². The predicted octanol–water partition coefficient (Wildman–Crippen LogP) is 4.78. The molecule has 7 atom stereocenters. The number of allylic oxidation sites excluding steroid dienone is 1. The van der Waals surface area contributed by atoms with Crippen LogP contribution >= 0.6 is 11.6 Å². The number of alkyl halides is 1. The van der Waals surface area contributed by atoms with Crippen LogP contribution in [-0.4, -0.2) is 41.2 Å². The number of carbonyl (C=O) groups is 2. The second-order valence-electron chi connectivity index (χ2n) is 10.7. The Kier molecular flexibility index (Phi) is 6.35. The van der Waals surface area contributed by atoms with Crippen LogP contribution in [0.5, 0.6) is 0 Å². The van der Waals surface area contributed by atoms with Crippen LogP contribution in [0, 0.1) is 28.6 Å². The average Bonchev–Trinajstić information content (AvgIpc) is 3.01. The second-order valence-corrected chi connectivity index (χ2v) is 10.9. The van der Waals surface area contributed by atoms with Crippen LogP contribution in [0.15, 0.2) is 11.6 Å². The molecule has 0 unspecified atom stereocenters. The Labute approximate surface area is 190 Å². The zero-order chi connectivity index (χ0) is 22.4. The Morgan fingerprint density at radius 2 is 2.03 bits per heavy atom. The number of esters is 1. The van der Waals surface area contributed by atoms with Crippen molar-refractivity contribution >= 4 is 23.4 Å². The third-order valence-corrected chi connectivity index (χ3v) is 9.49. The van der Waals surface area contributed by atoms with E-state index in [0.717, 1.165) is 38.5 Å². The lowest BCUT2D eigenvalue weighted by atomic mass is 9.45. The van der Waals surface area contributed by atoms with Crippen molar-refractivity contribution in [3.8, 4) is 0 Å². The summed E-state index contributed by atoms with van der Waals surface area (Å²) in [5.74, 6) is 0.550. The largest absolute Gasteiger partial charge is 0.447 e. The van der Waals surface area contributed by atoms with Gasteiger partial charge in [0.15, 0.2) is 17.5 Å². The fraction of sp³-hybridized carbons (Fsp3) is 0.840. The predicted molar refractivity (Wildman–Crippen MR) is 119 cm³/mol. The maximum Gasteiger partial charge on any atom is 0.340 e. The second kappa shape index (κ2) is 8.46. The van der Waals surface area contributed by atoms with Gasteiger partial charge in [0.05, 0.1) is 6.10 Å². The van der Waals surface area contributed by atoms with Crippen LogP contribution in [0.1, 0.15) is 78.6 Å². The van der Waals surface area contributed by atoms with Crippen molar-refractivity contribution in [2.75, 3.05) is 12.7 Å². The Morgan fingerprint density at radius 3 is 2.74 bits per heavy atom. The Hall–Kier alpha value is -0.910. The van der Waals surface area contributed by atoms with Gasteiger partial charge in [0, 0.05) is 18.4 Å². The first-order valence-corrected chi connectivity index (χ1v) is 12.6. The number of halogens is 1. The summed E-state index contributed by atoms with van der Waals surface area (Å²) < 4.78 is 11.7. The minimum atomic E-state index is -1.05. The standard InChI is InChI=1S/C25H37ClO5/c1-4-5-12-31-25(22(29)30-15-26)11-9-19-18-7-6-16-13-17(27)8-10-23(16,2)21(18)20(28)14-24(19,25)3/h13,18-21,28H,4-12,14-15H2,1-3H3/t18-,19-,20-,21+,23-,24-,25-/m0/s1. The van der Waals surface area contributed by atoms with Crippen molar-refractivity contribution in [3.63, 3.8) is 0 Å². The van der Waals surface area contributed by atoms with E-state index in [4.69, 9.17) is 21.1 Å². The molecule has 4 aliphatic rings. The summed E-state index contributed by atoms with van der Waals surface area (Å²) >= 11 is 5.78. The summed E-state index contributed by atoms with van der Waals surface area (Å²) in [5.41, 5.74) is -0.458. The molecule has 0 bridgehead atoms. The van der Waals surface area contributed by atoms with Gasteiger partial charge in [-0.15, -0.1) is 0 Å². The maximum atomic E-state index is 13.3. The number of ether oxygens (including phenoxy) is 2. The van der Waals surface area contributed by atoms with Gasteiger partial charge in [0.25, 0.3) is 0 Å². The molecule has 6 heteroatoms. The van der Waals surface area contributed by atoms with Crippen LogP contribution in [0.25, 0.3) is 0 Å². The van der Waals surface area contributed by atoms with Crippen LogP contribution in [-0.2, 0) is 19.1 Å². The highest BCUT2D eigenvalue weighted by atomic mass is 35.5. The summed E-state index contributed by atoms with van der Waals surface area (Å²) in [6.45, 7) is 6.98. The third kappa shape index (κ3) is 3.41. The summed E-state index contributed by atoms with van der Waals surface area (Å²) in [5, 5.41) is 11.6. The lowest BCUT2D eigenvalue weighted by molar-refractivity contribution is -0.211. The van der Waals surface area contributed by atoms with Crippen molar-refractivity contribution in [2.24, 2.45) is 28.6 Å². The first-order valence-electron chi connectivity index (χ1n) is 12.0. The molecule has 0 aromatic carbocycles. The molecule has 0 aromatic rings. The van der Waals surface area contributed by atoms with Gasteiger partial charge in [-0.05, 0) is 74.2 Å². The summed E-state index contributed by atoms with van der Waals surface area (Å²) in [7, 11) is 0. The quantitative estimate of drug-likeness (QED) is 0.356. The van der Waals surface area contributed by atoms with Crippen molar-refractivity contribution in [3.05, 3.63) is 11.6 Å². The van der Waals surface area contributed by atoms with Crippen LogP contribution < -0.4 is 0 Å². The molecule has 1 N–H and O–H groups in total. The lowest BCUT2D eigenvalue weighted by Gasteiger charge is -2.60. The fourth-order valence-electron chi connectivity index (χ4n) is 7.86. The number of carbonyl (C=O) groups excluding carboxylic acids is 2. The van der Waals surface area contributed by atoms with Gasteiger partial charge in [-0.25, -0.2) is 4.79 Å². The summed E-state index contributed by atoms with van der Waals surface area (Å²) in [6.07, 6.45) is 8.42. The molecule has 174 valence electrons. The number of rotatable bonds is 6. The number of aliphatic hydroxyl groups is 1. The van der Waals surface area contributed by atoms with E-state index in [1.54, 1.807) is 0 Å². The first-order chi connectivity index (χ1) is 14.7. The van der Waals surface area contributed by atoms with E-state index in [0.29, 0.717) is 31.8 Å². The monoisotopic (exact) mass is 452 g/mol. The molecule has 0 heterocycles. The van der Waals surface area contributed by atoms with Gasteiger partial charge in [-0.1, -0.05) is 44.4 Å². The van der Waals surface area contributed by atoms with Crippen molar-refractivity contribution in [1.82, 2.24) is 0 Å².